The monoisotopic (exact) mass is 144 g/mol. The Morgan fingerprint density at radius 1 is 1.10 bits per heavy atom. The van der Waals surface area contributed by atoms with E-state index < -0.39 is 0 Å². The van der Waals surface area contributed by atoms with Gasteiger partial charge in [0.2, 0.25) is 0 Å². The summed E-state index contributed by atoms with van der Waals surface area (Å²) in [5.41, 5.74) is 5.35. The predicted octanol–water partition coefficient (Wildman–Crippen LogP) is 1.11. The summed E-state index contributed by atoms with van der Waals surface area (Å²) in [6.07, 6.45) is 5.10. The summed E-state index contributed by atoms with van der Waals surface area (Å²) in [5.74, 6) is 0. The van der Waals surface area contributed by atoms with Crippen LogP contribution in [0.5, 0.6) is 0 Å². The van der Waals surface area contributed by atoms with Crippen LogP contribution in [0.25, 0.3) is 0 Å². The van der Waals surface area contributed by atoms with Gasteiger partial charge in [-0.2, -0.15) is 0 Å². The van der Waals surface area contributed by atoms with Gasteiger partial charge in [0.25, 0.3) is 0 Å². The van der Waals surface area contributed by atoms with Crippen molar-refractivity contribution in [3.63, 3.8) is 0 Å². The molecule has 0 radical (unpaired) electrons. The Balaban J connectivity index is 2.65. The highest BCUT2D eigenvalue weighted by molar-refractivity contribution is 4.46. The Morgan fingerprint density at radius 2 is 1.80 bits per heavy atom. The first kappa shape index (κ1) is 9.92. The topological polar surface area (TPSA) is 38.0 Å². The first-order chi connectivity index (χ1) is 4.91. The normalized spacial score (nSPS) is 10.2. The minimum absolute atomic E-state index is 0.848. The molecule has 0 unspecified atom stereocenters. The summed E-state index contributed by atoms with van der Waals surface area (Å²) in [6, 6.07) is 0. The number of hydrogen-bond donors (Lipinski definition) is 2. The molecule has 10 heavy (non-hydrogen) atoms. The average Bonchev–Trinajstić information content (AvgIpc) is 1.97. The van der Waals surface area contributed by atoms with Gasteiger partial charge in [-0.05, 0) is 32.5 Å². The van der Waals surface area contributed by atoms with Gasteiger partial charge < -0.3 is 11.1 Å². The number of hydrogen-bond acceptors (Lipinski definition) is 2. The van der Waals surface area contributed by atoms with Gasteiger partial charge in [-0.3, -0.25) is 0 Å². The molecule has 2 nitrogen and oxygen atoms in total. The van der Waals surface area contributed by atoms with Crippen LogP contribution in [0, 0.1) is 0 Å². The zero-order chi connectivity index (χ0) is 7.66. The van der Waals surface area contributed by atoms with Crippen molar-refractivity contribution < 1.29 is 0 Å². The minimum Gasteiger partial charge on any atom is -0.330 e. The van der Waals surface area contributed by atoms with Crippen molar-refractivity contribution >= 4 is 0 Å². The molecular formula is C8H20N2. The van der Waals surface area contributed by atoms with Crippen LogP contribution < -0.4 is 11.1 Å². The largest absolute Gasteiger partial charge is 0.330 e. The molecular weight excluding hydrogens is 124 g/mol. The lowest BCUT2D eigenvalue weighted by Crippen LogP contribution is -2.13. The third kappa shape index (κ3) is 7.92. The van der Waals surface area contributed by atoms with Crippen LogP contribution in [0.1, 0.15) is 32.6 Å². The lowest BCUT2D eigenvalue weighted by Gasteiger charge is -1.99. The van der Waals surface area contributed by atoms with E-state index in [1.807, 2.05) is 0 Å². The van der Waals surface area contributed by atoms with E-state index >= 15 is 0 Å². The predicted molar refractivity (Wildman–Crippen MR) is 46.1 cm³/mol. The van der Waals surface area contributed by atoms with Gasteiger partial charge >= 0.3 is 0 Å². The SMILES string of the molecule is CCNCCCCCCN. The number of rotatable bonds is 7. The quantitative estimate of drug-likeness (QED) is 0.525. The molecule has 3 N–H and O–H groups in total. The van der Waals surface area contributed by atoms with E-state index in [1.165, 1.54) is 32.2 Å². The average molecular weight is 144 g/mol. The Hall–Kier alpha value is -0.0800. The lowest BCUT2D eigenvalue weighted by molar-refractivity contribution is 0.601. The van der Waals surface area contributed by atoms with E-state index in [9.17, 15) is 0 Å². The van der Waals surface area contributed by atoms with Crippen molar-refractivity contribution in [1.29, 1.82) is 0 Å². The van der Waals surface area contributed by atoms with Crippen molar-refractivity contribution in [2.45, 2.75) is 32.6 Å². The van der Waals surface area contributed by atoms with Gasteiger partial charge in [0.15, 0.2) is 0 Å². The fourth-order valence-electron chi connectivity index (χ4n) is 0.925. The third-order valence-electron chi connectivity index (χ3n) is 1.56. The van der Waals surface area contributed by atoms with Gasteiger partial charge in [-0.25, -0.2) is 0 Å². The third-order valence-corrected chi connectivity index (χ3v) is 1.56. The highest BCUT2D eigenvalue weighted by atomic mass is 14.8. The molecule has 0 fully saturated rings. The molecule has 0 aromatic carbocycles. The maximum Gasteiger partial charge on any atom is -0.00490 e. The Kier molecular flexibility index (Phi) is 8.85. The van der Waals surface area contributed by atoms with Crippen molar-refractivity contribution in [1.82, 2.24) is 5.32 Å². The second-order valence-corrected chi connectivity index (χ2v) is 2.56. The van der Waals surface area contributed by atoms with Gasteiger partial charge in [0.1, 0.15) is 0 Å². The molecule has 0 saturated heterocycles. The van der Waals surface area contributed by atoms with Crippen LogP contribution in [0.4, 0.5) is 0 Å². The minimum atomic E-state index is 0.848. The molecule has 0 rings (SSSR count). The van der Waals surface area contributed by atoms with Crippen LogP contribution in [-0.2, 0) is 0 Å². The molecule has 0 aliphatic rings. The van der Waals surface area contributed by atoms with Crippen LogP contribution in [-0.4, -0.2) is 19.6 Å². The molecule has 0 saturated carbocycles. The molecule has 2 heteroatoms. The first-order valence-corrected chi connectivity index (χ1v) is 4.32. The Labute approximate surface area is 64.2 Å². The molecule has 0 aliphatic carbocycles. The van der Waals surface area contributed by atoms with E-state index in [0.717, 1.165) is 13.1 Å². The van der Waals surface area contributed by atoms with E-state index in [0.29, 0.717) is 0 Å². The van der Waals surface area contributed by atoms with Gasteiger partial charge in [-0.1, -0.05) is 19.8 Å². The second kappa shape index (κ2) is 8.92. The van der Waals surface area contributed by atoms with E-state index in [4.69, 9.17) is 5.73 Å². The number of nitrogens with one attached hydrogen (secondary N) is 1. The van der Waals surface area contributed by atoms with Crippen molar-refractivity contribution in [2.24, 2.45) is 5.73 Å². The molecule has 0 amide bonds. The van der Waals surface area contributed by atoms with Crippen LogP contribution in [0.2, 0.25) is 0 Å². The summed E-state index contributed by atoms with van der Waals surface area (Å²) >= 11 is 0. The van der Waals surface area contributed by atoms with Crippen molar-refractivity contribution in [3.8, 4) is 0 Å². The maximum atomic E-state index is 5.35. The number of unbranched alkanes of at least 4 members (excludes halogenated alkanes) is 3. The fourth-order valence-corrected chi connectivity index (χ4v) is 0.925. The van der Waals surface area contributed by atoms with Crippen LogP contribution >= 0.6 is 0 Å². The summed E-state index contributed by atoms with van der Waals surface area (Å²) in [6.45, 7) is 5.25. The van der Waals surface area contributed by atoms with Gasteiger partial charge in [0, 0.05) is 0 Å². The van der Waals surface area contributed by atoms with E-state index in [1.54, 1.807) is 0 Å². The summed E-state index contributed by atoms with van der Waals surface area (Å²) in [7, 11) is 0. The fraction of sp³-hybridized carbons (Fsp3) is 1.00. The van der Waals surface area contributed by atoms with E-state index in [2.05, 4.69) is 12.2 Å². The van der Waals surface area contributed by atoms with Crippen molar-refractivity contribution in [3.05, 3.63) is 0 Å². The molecule has 0 spiro atoms. The molecule has 0 bridgehead atoms. The molecule has 0 atom stereocenters. The molecule has 0 aromatic heterocycles. The number of nitrogens with two attached hydrogens (primary N) is 1. The standard InChI is InChI=1S/C8H20N2/c1-2-10-8-6-4-3-5-7-9/h10H,2-9H2,1H3. The van der Waals surface area contributed by atoms with Gasteiger partial charge in [-0.15, -0.1) is 0 Å². The first-order valence-electron chi connectivity index (χ1n) is 4.32. The van der Waals surface area contributed by atoms with Gasteiger partial charge in [0.05, 0.1) is 0 Å². The molecule has 0 aliphatic heterocycles. The Bertz CT molecular complexity index is 47.2. The van der Waals surface area contributed by atoms with Crippen molar-refractivity contribution in [2.75, 3.05) is 19.6 Å². The molecule has 0 heterocycles. The zero-order valence-corrected chi connectivity index (χ0v) is 7.03. The summed E-state index contributed by atoms with van der Waals surface area (Å²) in [4.78, 5) is 0. The molecule has 62 valence electrons. The maximum absolute atomic E-state index is 5.35. The highest BCUT2D eigenvalue weighted by Crippen LogP contribution is 1.96. The lowest BCUT2D eigenvalue weighted by atomic mass is 10.2. The van der Waals surface area contributed by atoms with Crippen LogP contribution in [0.15, 0.2) is 0 Å². The zero-order valence-electron chi connectivity index (χ0n) is 7.03. The highest BCUT2D eigenvalue weighted by Gasteiger charge is 1.86. The Morgan fingerprint density at radius 3 is 2.40 bits per heavy atom. The molecule has 0 aromatic rings. The summed E-state index contributed by atoms with van der Waals surface area (Å²) < 4.78 is 0. The van der Waals surface area contributed by atoms with Crippen LogP contribution in [0.3, 0.4) is 0 Å². The van der Waals surface area contributed by atoms with E-state index in [-0.39, 0.29) is 0 Å². The second-order valence-electron chi connectivity index (χ2n) is 2.56. The smallest absolute Gasteiger partial charge is 0.00490 e. The summed E-state index contributed by atoms with van der Waals surface area (Å²) in [5, 5.41) is 3.29.